The Kier molecular flexibility index (Phi) is 2.62. The Morgan fingerprint density at radius 2 is 2.12 bits per heavy atom. The number of para-hydroxylation sites is 1. The van der Waals surface area contributed by atoms with Crippen molar-refractivity contribution in [3.63, 3.8) is 0 Å². The van der Waals surface area contributed by atoms with E-state index in [1.165, 1.54) is 11.1 Å². The topological polar surface area (TPSA) is 40.6 Å². The van der Waals surface area contributed by atoms with Gasteiger partial charge in [-0.1, -0.05) is 24.3 Å². The number of Topliss-reactive ketones (excluding diaryl/α,β-unsaturated/α-hetero) is 1. The summed E-state index contributed by atoms with van der Waals surface area (Å²) in [7, 11) is 0. The van der Waals surface area contributed by atoms with Gasteiger partial charge in [-0.25, -0.2) is 0 Å². The van der Waals surface area contributed by atoms with Crippen LogP contribution < -0.4 is 4.90 Å². The fourth-order valence-electron chi connectivity index (χ4n) is 6.15. The molecule has 0 aromatic heterocycles. The second-order valence-corrected chi connectivity index (χ2v) is 7.71. The van der Waals surface area contributed by atoms with Crippen molar-refractivity contribution in [3.8, 4) is 0 Å². The van der Waals surface area contributed by atoms with Crippen molar-refractivity contribution < 1.29 is 9.59 Å². The van der Waals surface area contributed by atoms with Crippen LogP contribution in [0.25, 0.3) is 0 Å². The molecule has 24 heavy (non-hydrogen) atoms. The smallest absolute Gasteiger partial charge is 0.225 e. The molecule has 1 unspecified atom stereocenters. The zero-order valence-electron chi connectivity index (χ0n) is 14.2. The van der Waals surface area contributed by atoms with Crippen LogP contribution in [-0.2, 0) is 15.0 Å². The number of hydrogen-bond acceptors (Lipinski definition) is 3. The van der Waals surface area contributed by atoms with Crippen LogP contribution in [0.2, 0.25) is 0 Å². The molecule has 5 rings (SSSR count). The highest BCUT2D eigenvalue weighted by molar-refractivity contribution is 6.00. The van der Waals surface area contributed by atoms with Gasteiger partial charge in [0.25, 0.3) is 0 Å². The van der Waals surface area contributed by atoms with Gasteiger partial charge in [-0.3, -0.25) is 19.4 Å². The number of allylic oxidation sites excluding steroid dienone is 1. The van der Waals surface area contributed by atoms with E-state index in [1.807, 2.05) is 24.0 Å². The van der Waals surface area contributed by atoms with E-state index in [0.717, 1.165) is 31.6 Å². The number of fused-ring (bicyclic) bond motifs is 2. The molecule has 4 aliphatic rings. The molecule has 4 heteroatoms. The Hall–Kier alpha value is -1.94. The fraction of sp³-hybridized carbons (Fsp3) is 0.500. The molecule has 3 fully saturated rings. The van der Waals surface area contributed by atoms with Crippen LogP contribution in [-0.4, -0.2) is 35.3 Å². The Morgan fingerprint density at radius 1 is 1.33 bits per heavy atom. The van der Waals surface area contributed by atoms with Crippen molar-refractivity contribution in [1.29, 1.82) is 0 Å². The lowest BCUT2D eigenvalue weighted by Gasteiger charge is -2.57. The summed E-state index contributed by atoms with van der Waals surface area (Å²) >= 11 is 0. The zero-order valence-corrected chi connectivity index (χ0v) is 14.2. The summed E-state index contributed by atoms with van der Waals surface area (Å²) in [6, 6.07) is 8.24. The van der Waals surface area contributed by atoms with E-state index in [-0.39, 0.29) is 22.9 Å². The average Bonchev–Trinajstić information content (AvgIpc) is 3.02. The van der Waals surface area contributed by atoms with Gasteiger partial charge >= 0.3 is 0 Å². The fourth-order valence-corrected chi connectivity index (χ4v) is 6.15. The van der Waals surface area contributed by atoms with Crippen LogP contribution in [0.3, 0.4) is 0 Å². The van der Waals surface area contributed by atoms with Crippen LogP contribution in [0, 0.1) is 5.92 Å². The standard InChI is InChI=1S/C20H22N2O2/c1-3-14-12-21-9-8-19-11-18(24)15(14)10-20(19,21)22(13(2)23)17-7-5-4-6-16(17)19/h3-7,15H,8-12H2,1-2H3/b14-3-/t15-,19+,20?/m0/s1. The third-order valence-corrected chi connectivity index (χ3v) is 6.99. The maximum Gasteiger partial charge on any atom is 0.225 e. The number of benzene rings is 1. The molecule has 3 heterocycles. The highest BCUT2D eigenvalue weighted by Crippen LogP contribution is 2.66. The molecule has 3 atom stereocenters. The minimum atomic E-state index is -0.340. The van der Waals surface area contributed by atoms with Crippen LogP contribution in [0.15, 0.2) is 35.9 Å². The first kappa shape index (κ1) is 14.4. The van der Waals surface area contributed by atoms with Crippen molar-refractivity contribution in [3.05, 3.63) is 41.5 Å². The van der Waals surface area contributed by atoms with Crippen molar-refractivity contribution in [2.75, 3.05) is 18.0 Å². The van der Waals surface area contributed by atoms with E-state index in [1.54, 1.807) is 6.92 Å². The minimum Gasteiger partial charge on any atom is -0.299 e. The zero-order chi connectivity index (χ0) is 16.7. The molecule has 2 bridgehead atoms. The van der Waals surface area contributed by atoms with Gasteiger partial charge in [0.1, 0.15) is 11.4 Å². The molecule has 1 aromatic rings. The van der Waals surface area contributed by atoms with Crippen molar-refractivity contribution in [2.45, 2.75) is 44.2 Å². The van der Waals surface area contributed by atoms with Crippen LogP contribution in [0.5, 0.6) is 0 Å². The predicted octanol–water partition coefficient (Wildman–Crippen LogP) is 2.63. The Balaban J connectivity index is 1.82. The molecule has 1 saturated carbocycles. The number of piperidine rings is 1. The predicted molar refractivity (Wildman–Crippen MR) is 91.7 cm³/mol. The van der Waals surface area contributed by atoms with Gasteiger partial charge in [-0.05, 0) is 37.0 Å². The summed E-state index contributed by atoms with van der Waals surface area (Å²) in [5.74, 6) is 0.433. The number of carbonyl (C=O) groups excluding carboxylic acids is 2. The monoisotopic (exact) mass is 322 g/mol. The highest BCUT2D eigenvalue weighted by atomic mass is 16.2. The van der Waals surface area contributed by atoms with Gasteiger partial charge in [0.2, 0.25) is 5.91 Å². The third-order valence-electron chi connectivity index (χ3n) is 6.99. The van der Waals surface area contributed by atoms with Gasteiger partial charge in [-0.15, -0.1) is 0 Å². The molecule has 3 aliphatic heterocycles. The first-order valence-electron chi connectivity index (χ1n) is 8.88. The maximum atomic E-state index is 13.0. The van der Waals surface area contributed by atoms with Crippen LogP contribution in [0.4, 0.5) is 5.69 Å². The number of carbonyl (C=O) groups is 2. The quantitative estimate of drug-likeness (QED) is 0.690. The molecular weight excluding hydrogens is 300 g/mol. The molecule has 0 N–H and O–H groups in total. The number of anilines is 1. The van der Waals surface area contributed by atoms with Gasteiger partial charge in [0.05, 0.1) is 0 Å². The third kappa shape index (κ3) is 1.33. The lowest BCUT2D eigenvalue weighted by atomic mass is 9.58. The van der Waals surface area contributed by atoms with Gasteiger partial charge in [0.15, 0.2) is 0 Å². The average molecular weight is 322 g/mol. The molecule has 1 amide bonds. The molecule has 1 aromatic carbocycles. The summed E-state index contributed by atoms with van der Waals surface area (Å²) in [4.78, 5) is 30.2. The second kappa shape index (κ2) is 4.37. The second-order valence-electron chi connectivity index (χ2n) is 7.71. The Labute approximate surface area is 142 Å². The minimum absolute atomic E-state index is 0.0198. The lowest BCUT2D eigenvalue weighted by Crippen LogP contribution is -2.71. The van der Waals surface area contributed by atoms with Crippen LogP contribution in [0.1, 0.15) is 38.7 Å². The van der Waals surface area contributed by atoms with Crippen molar-refractivity contribution in [1.82, 2.24) is 4.90 Å². The number of nitrogens with zero attached hydrogens (tertiary/aromatic N) is 2. The van der Waals surface area contributed by atoms with Gasteiger partial charge in [0, 0.05) is 43.5 Å². The van der Waals surface area contributed by atoms with E-state index < -0.39 is 0 Å². The molecule has 1 aliphatic carbocycles. The summed E-state index contributed by atoms with van der Waals surface area (Å²) in [5, 5.41) is 0. The summed E-state index contributed by atoms with van der Waals surface area (Å²) in [5.41, 5.74) is 2.90. The Morgan fingerprint density at radius 3 is 2.88 bits per heavy atom. The molecule has 124 valence electrons. The SMILES string of the molecule is C/C=C1/CN2CC[C@]34CC(=O)[C@H]1CC23N(C(C)=O)c1ccccc14. The normalized spacial score (nSPS) is 38.4. The first-order chi connectivity index (χ1) is 11.5. The number of hydrogen-bond donors (Lipinski definition) is 0. The van der Waals surface area contributed by atoms with E-state index in [2.05, 4.69) is 23.1 Å². The van der Waals surface area contributed by atoms with Gasteiger partial charge in [-0.2, -0.15) is 0 Å². The summed E-state index contributed by atoms with van der Waals surface area (Å²) in [6.07, 6.45) is 4.39. The lowest BCUT2D eigenvalue weighted by molar-refractivity contribution is -0.134. The summed E-state index contributed by atoms with van der Waals surface area (Å²) < 4.78 is 0. The van der Waals surface area contributed by atoms with Crippen molar-refractivity contribution >= 4 is 17.4 Å². The maximum absolute atomic E-state index is 13.0. The first-order valence-corrected chi connectivity index (χ1v) is 8.88. The largest absolute Gasteiger partial charge is 0.299 e. The number of rotatable bonds is 0. The molecule has 2 saturated heterocycles. The Bertz CT molecular complexity index is 814. The molecule has 0 radical (unpaired) electrons. The van der Waals surface area contributed by atoms with E-state index in [0.29, 0.717) is 12.2 Å². The summed E-state index contributed by atoms with van der Waals surface area (Å²) in [6.45, 7) is 5.47. The number of amides is 1. The molecular formula is C20H22N2O2. The van der Waals surface area contributed by atoms with Crippen molar-refractivity contribution in [2.24, 2.45) is 5.92 Å². The highest BCUT2D eigenvalue weighted by Gasteiger charge is 2.73. The molecule has 1 spiro atoms. The van der Waals surface area contributed by atoms with E-state index in [9.17, 15) is 9.59 Å². The van der Waals surface area contributed by atoms with Gasteiger partial charge < -0.3 is 0 Å². The van der Waals surface area contributed by atoms with Crippen LogP contribution >= 0.6 is 0 Å². The number of ketones is 1. The van der Waals surface area contributed by atoms with E-state index >= 15 is 0 Å². The molecule has 4 nitrogen and oxygen atoms in total. The van der Waals surface area contributed by atoms with E-state index in [4.69, 9.17) is 0 Å².